The Morgan fingerprint density at radius 1 is 1.41 bits per heavy atom. The van der Waals surface area contributed by atoms with Gasteiger partial charge in [-0.3, -0.25) is 0 Å². The largest absolute Gasteiger partial charge is 0.483 e. The third kappa shape index (κ3) is 3.74. The highest BCUT2D eigenvalue weighted by Gasteiger charge is 2.12. The molecule has 0 aromatic heterocycles. The Labute approximate surface area is 102 Å². The van der Waals surface area contributed by atoms with Crippen LogP contribution < -0.4 is 4.90 Å². The average Bonchev–Trinajstić information content (AvgIpc) is 2.29. The summed E-state index contributed by atoms with van der Waals surface area (Å²) in [5.41, 5.74) is 0.803. The van der Waals surface area contributed by atoms with Gasteiger partial charge in [-0.15, -0.1) is 4.40 Å². The monoisotopic (exact) mass is 256 g/mol. The van der Waals surface area contributed by atoms with E-state index in [1.807, 2.05) is 25.1 Å². The summed E-state index contributed by atoms with van der Waals surface area (Å²) in [5.74, 6) is 0. The smallest absolute Gasteiger partial charge is 0.285 e. The normalized spacial score (nSPS) is 11.7. The van der Waals surface area contributed by atoms with Crippen LogP contribution in [-0.4, -0.2) is 35.5 Å². The number of benzene rings is 1. The highest BCUT2D eigenvalue weighted by atomic mass is 32.2. The first-order valence-electron chi connectivity index (χ1n) is 5.15. The molecular weight excluding hydrogens is 240 g/mol. The molecule has 5 nitrogen and oxygen atoms in total. The second-order valence-corrected chi connectivity index (χ2v) is 5.17. The minimum Gasteiger partial charge on any atom is -0.483 e. The summed E-state index contributed by atoms with van der Waals surface area (Å²) in [6.07, 6.45) is 0.956. The van der Waals surface area contributed by atoms with Crippen LogP contribution in [0.1, 0.15) is 6.92 Å². The van der Waals surface area contributed by atoms with Crippen LogP contribution in [-0.2, 0) is 14.8 Å². The molecule has 0 N–H and O–H groups in total. The molecule has 94 valence electrons. The zero-order valence-corrected chi connectivity index (χ0v) is 10.9. The van der Waals surface area contributed by atoms with Gasteiger partial charge in [-0.05, 0) is 25.1 Å². The van der Waals surface area contributed by atoms with Gasteiger partial charge in [0.2, 0.25) is 0 Å². The lowest BCUT2D eigenvalue weighted by atomic mass is 10.3. The third-order valence-corrected chi connectivity index (χ3v) is 3.27. The Hall–Kier alpha value is -1.56. The molecule has 0 bridgehead atoms. The van der Waals surface area contributed by atoms with Gasteiger partial charge in [0.05, 0.1) is 11.5 Å². The third-order valence-electron chi connectivity index (χ3n) is 2.05. The zero-order valence-electron chi connectivity index (χ0n) is 10.1. The number of ether oxygens (including phenoxy) is 1. The first-order chi connectivity index (χ1) is 7.97. The number of rotatable bonds is 5. The van der Waals surface area contributed by atoms with Gasteiger partial charge in [-0.1, -0.05) is 6.07 Å². The first-order valence-corrected chi connectivity index (χ1v) is 6.59. The van der Waals surface area contributed by atoms with Crippen molar-refractivity contribution in [2.45, 2.75) is 11.8 Å². The lowest BCUT2D eigenvalue weighted by Gasteiger charge is -2.12. The minimum absolute atomic E-state index is 0.152. The van der Waals surface area contributed by atoms with Crippen LogP contribution in [0.4, 0.5) is 5.69 Å². The second-order valence-electron chi connectivity index (χ2n) is 3.53. The topological polar surface area (TPSA) is 59.0 Å². The summed E-state index contributed by atoms with van der Waals surface area (Å²) in [6, 6.07) is 6.58. The fourth-order valence-corrected chi connectivity index (χ4v) is 1.96. The maximum Gasteiger partial charge on any atom is 0.285 e. The van der Waals surface area contributed by atoms with Crippen LogP contribution in [0, 0.1) is 0 Å². The van der Waals surface area contributed by atoms with E-state index in [9.17, 15) is 8.42 Å². The molecule has 0 unspecified atom stereocenters. The van der Waals surface area contributed by atoms with Crippen molar-refractivity contribution in [1.82, 2.24) is 0 Å². The highest BCUT2D eigenvalue weighted by molar-refractivity contribution is 7.90. The van der Waals surface area contributed by atoms with Gasteiger partial charge in [-0.25, -0.2) is 0 Å². The van der Waals surface area contributed by atoms with Crippen molar-refractivity contribution in [3.8, 4) is 0 Å². The van der Waals surface area contributed by atoms with Crippen LogP contribution in [0.5, 0.6) is 0 Å². The average molecular weight is 256 g/mol. The molecule has 0 aliphatic rings. The van der Waals surface area contributed by atoms with Gasteiger partial charge >= 0.3 is 0 Å². The van der Waals surface area contributed by atoms with Crippen molar-refractivity contribution in [2.24, 2.45) is 4.40 Å². The van der Waals surface area contributed by atoms with E-state index in [1.54, 1.807) is 19.1 Å². The van der Waals surface area contributed by atoms with Gasteiger partial charge in [0, 0.05) is 19.8 Å². The Bertz CT molecular complexity index is 495. The molecule has 1 aromatic carbocycles. The predicted octanol–water partition coefficient (Wildman–Crippen LogP) is 1.51. The molecule has 0 aliphatic carbocycles. The zero-order chi connectivity index (χ0) is 12.9. The molecule has 0 saturated heterocycles. The lowest BCUT2D eigenvalue weighted by molar-refractivity contribution is 0.344. The standard InChI is InChI=1S/C11H16N2O3S/c1-4-16-9-12-17(14,15)11-7-5-6-10(8-11)13(2)3/h5-9H,4H2,1-3H3. The van der Waals surface area contributed by atoms with Gasteiger partial charge in [0.25, 0.3) is 10.0 Å². The highest BCUT2D eigenvalue weighted by Crippen LogP contribution is 2.18. The molecule has 0 spiro atoms. The Morgan fingerprint density at radius 2 is 2.12 bits per heavy atom. The quantitative estimate of drug-likeness (QED) is 0.592. The second kappa shape index (κ2) is 5.67. The predicted molar refractivity (Wildman–Crippen MR) is 68.1 cm³/mol. The van der Waals surface area contributed by atoms with E-state index in [0.717, 1.165) is 12.1 Å². The number of nitrogens with zero attached hydrogens (tertiary/aromatic N) is 2. The van der Waals surface area contributed by atoms with Crippen molar-refractivity contribution in [2.75, 3.05) is 25.6 Å². The fourth-order valence-electron chi connectivity index (χ4n) is 1.14. The minimum atomic E-state index is -3.67. The van der Waals surface area contributed by atoms with E-state index in [0.29, 0.717) is 6.61 Å². The van der Waals surface area contributed by atoms with Crippen molar-refractivity contribution in [3.63, 3.8) is 0 Å². The van der Waals surface area contributed by atoms with Crippen LogP contribution >= 0.6 is 0 Å². The van der Waals surface area contributed by atoms with E-state index < -0.39 is 10.0 Å². The van der Waals surface area contributed by atoms with Crippen LogP contribution in [0.25, 0.3) is 0 Å². The van der Waals surface area contributed by atoms with E-state index in [2.05, 4.69) is 4.40 Å². The van der Waals surface area contributed by atoms with Gasteiger partial charge < -0.3 is 9.64 Å². The molecular formula is C11H16N2O3S. The Balaban J connectivity index is 3.03. The molecule has 0 saturated carbocycles. The summed E-state index contributed by atoms with van der Waals surface area (Å²) in [4.78, 5) is 1.98. The molecule has 6 heteroatoms. The fraction of sp³-hybridized carbons (Fsp3) is 0.364. The van der Waals surface area contributed by atoms with Gasteiger partial charge in [-0.2, -0.15) is 8.42 Å². The molecule has 0 aliphatic heterocycles. The number of hydrogen-bond donors (Lipinski definition) is 0. The summed E-state index contributed by atoms with van der Waals surface area (Å²) in [6.45, 7) is 2.14. The van der Waals surface area contributed by atoms with Crippen molar-refractivity contribution in [3.05, 3.63) is 24.3 Å². The van der Waals surface area contributed by atoms with E-state index in [4.69, 9.17) is 4.74 Å². The Morgan fingerprint density at radius 3 is 2.71 bits per heavy atom. The lowest BCUT2D eigenvalue weighted by Crippen LogP contribution is -2.09. The first kappa shape index (κ1) is 13.5. The van der Waals surface area contributed by atoms with E-state index >= 15 is 0 Å². The molecule has 0 heterocycles. The van der Waals surface area contributed by atoms with Crippen LogP contribution in [0.15, 0.2) is 33.6 Å². The molecule has 1 rings (SSSR count). The van der Waals surface area contributed by atoms with Gasteiger partial charge in [0.1, 0.15) is 0 Å². The number of sulfonamides is 1. The van der Waals surface area contributed by atoms with E-state index in [1.165, 1.54) is 6.07 Å². The molecule has 1 aromatic rings. The van der Waals surface area contributed by atoms with Crippen molar-refractivity contribution < 1.29 is 13.2 Å². The molecule has 0 amide bonds. The summed E-state index contributed by atoms with van der Waals surface area (Å²) >= 11 is 0. The molecule has 0 radical (unpaired) electrons. The molecule has 0 atom stereocenters. The van der Waals surface area contributed by atoms with Crippen molar-refractivity contribution >= 4 is 22.1 Å². The van der Waals surface area contributed by atoms with Crippen LogP contribution in [0.3, 0.4) is 0 Å². The number of hydrogen-bond acceptors (Lipinski definition) is 4. The maximum atomic E-state index is 11.8. The van der Waals surface area contributed by atoms with Crippen LogP contribution in [0.2, 0.25) is 0 Å². The summed E-state index contributed by atoms with van der Waals surface area (Å²) < 4.78 is 31.8. The molecule has 0 fully saturated rings. The Kier molecular flexibility index (Phi) is 4.51. The maximum absolute atomic E-state index is 11.8. The van der Waals surface area contributed by atoms with E-state index in [-0.39, 0.29) is 4.90 Å². The molecule has 17 heavy (non-hydrogen) atoms. The summed E-state index contributed by atoms with van der Waals surface area (Å²) in [5, 5.41) is 0. The summed E-state index contributed by atoms with van der Waals surface area (Å²) in [7, 11) is 0.0141. The number of anilines is 1. The van der Waals surface area contributed by atoms with Crippen molar-refractivity contribution in [1.29, 1.82) is 0 Å². The SMILES string of the molecule is CCOC=NS(=O)(=O)c1cccc(N(C)C)c1. The van der Waals surface area contributed by atoms with Gasteiger partial charge in [0.15, 0.2) is 6.40 Å².